The second-order valence-electron chi connectivity index (χ2n) is 7.89. The number of piperidine rings is 1. The summed E-state index contributed by atoms with van der Waals surface area (Å²) in [6.07, 6.45) is 1.83. The smallest absolute Gasteiger partial charge is 0.226 e. The van der Waals surface area contributed by atoms with Crippen LogP contribution in [0.25, 0.3) is 0 Å². The van der Waals surface area contributed by atoms with Crippen molar-refractivity contribution in [2.45, 2.75) is 45.7 Å². The lowest BCUT2D eigenvalue weighted by molar-refractivity contribution is -0.141. The maximum absolute atomic E-state index is 13.0. The van der Waals surface area contributed by atoms with Gasteiger partial charge in [0.05, 0.1) is 11.6 Å². The van der Waals surface area contributed by atoms with Gasteiger partial charge < -0.3 is 9.80 Å². The second kappa shape index (κ2) is 8.09. The summed E-state index contributed by atoms with van der Waals surface area (Å²) in [6, 6.07) is 10.7. The van der Waals surface area contributed by atoms with Gasteiger partial charge >= 0.3 is 0 Å². The predicted octanol–water partition coefficient (Wildman–Crippen LogP) is 2.72. The third-order valence-electron chi connectivity index (χ3n) is 5.88. The van der Waals surface area contributed by atoms with Gasteiger partial charge in [-0.2, -0.15) is 5.26 Å². The Morgan fingerprint density at radius 2 is 1.77 bits per heavy atom. The highest BCUT2D eigenvalue weighted by Crippen LogP contribution is 2.26. The van der Waals surface area contributed by atoms with Gasteiger partial charge in [-0.1, -0.05) is 0 Å². The predicted molar refractivity (Wildman–Crippen MR) is 104 cm³/mol. The van der Waals surface area contributed by atoms with Crippen LogP contribution in [0.5, 0.6) is 0 Å². The van der Waals surface area contributed by atoms with E-state index in [1.807, 2.05) is 24.3 Å². The SMILES string of the molecule is CC(C)N1CCN(C(=O)C2CCN(c3ccc(C#N)cc3)CC2)[C@@H](C)C1. The average Bonchev–Trinajstić information content (AvgIpc) is 2.67. The molecule has 0 bridgehead atoms. The van der Waals surface area contributed by atoms with Crippen molar-refractivity contribution in [3.05, 3.63) is 29.8 Å². The molecule has 0 saturated carbocycles. The van der Waals surface area contributed by atoms with Crippen LogP contribution in [0.1, 0.15) is 39.2 Å². The van der Waals surface area contributed by atoms with E-state index in [9.17, 15) is 4.79 Å². The highest BCUT2D eigenvalue weighted by molar-refractivity contribution is 5.79. The standard InChI is InChI=1S/C21H30N4O/c1-16(2)24-12-13-25(17(3)15-24)21(26)19-8-10-23(11-9-19)20-6-4-18(14-22)5-7-20/h4-7,16-17,19H,8-13,15H2,1-3H3/t17-/m0/s1. The van der Waals surface area contributed by atoms with E-state index < -0.39 is 0 Å². The van der Waals surface area contributed by atoms with E-state index in [0.29, 0.717) is 23.6 Å². The molecule has 2 saturated heterocycles. The number of amides is 1. The van der Waals surface area contributed by atoms with Crippen LogP contribution in [-0.2, 0) is 4.79 Å². The van der Waals surface area contributed by atoms with Crippen LogP contribution in [0.3, 0.4) is 0 Å². The highest BCUT2D eigenvalue weighted by Gasteiger charge is 2.34. The van der Waals surface area contributed by atoms with Crippen molar-refractivity contribution in [3.63, 3.8) is 0 Å². The van der Waals surface area contributed by atoms with Crippen molar-refractivity contribution in [2.75, 3.05) is 37.6 Å². The van der Waals surface area contributed by atoms with Gasteiger partial charge in [0.15, 0.2) is 0 Å². The minimum absolute atomic E-state index is 0.151. The third kappa shape index (κ3) is 4.02. The zero-order chi connectivity index (χ0) is 18.7. The van der Waals surface area contributed by atoms with E-state index in [0.717, 1.165) is 51.3 Å². The van der Waals surface area contributed by atoms with Crippen molar-refractivity contribution >= 4 is 11.6 Å². The highest BCUT2D eigenvalue weighted by atomic mass is 16.2. The van der Waals surface area contributed by atoms with Gasteiger partial charge in [0.1, 0.15) is 0 Å². The molecule has 1 atom stereocenters. The number of piperazine rings is 1. The summed E-state index contributed by atoms with van der Waals surface area (Å²) in [4.78, 5) is 19.9. The van der Waals surface area contributed by atoms with Crippen molar-refractivity contribution in [1.82, 2.24) is 9.80 Å². The minimum Gasteiger partial charge on any atom is -0.371 e. The molecule has 3 rings (SSSR count). The Labute approximate surface area is 157 Å². The molecular weight excluding hydrogens is 324 g/mol. The van der Waals surface area contributed by atoms with E-state index in [1.54, 1.807) is 0 Å². The third-order valence-corrected chi connectivity index (χ3v) is 5.88. The molecule has 1 aromatic carbocycles. The van der Waals surface area contributed by atoms with Crippen molar-refractivity contribution in [2.24, 2.45) is 5.92 Å². The fourth-order valence-corrected chi connectivity index (χ4v) is 4.15. The Bertz CT molecular complexity index is 656. The summed E-state index contributed by atoms with van der Waals surface area (Å²) in [6.45, 7) is 11.3. The molecule has 1 aromatic rings. The van der Waals surface area contributed by atoms with E-state index in [1.165, 1.54) is 0 Å². The zero-order valence-corrected chi connectivity index (χ0v) is 16.2. The maximum atomic E-state index is 13.0. The van der Waals surface area contributed by atoms with Gasteiger partial charge in [-0.3, -0.25) is 9.69 Å². The summed E-state index contributed by atoms with van der Waals surface area (Å²) in [5.74, 6) is 0.498. The molecule has 2 fully saturated rings. The van der Waals surface area contributed by atoms with Gasteiger partial charge in [0.25, 0.3) is 0 Å². The number of nitriles is 1. The van der Waals surface area contributed by atoms with E-state index >= 15 is 0 Å². The van der Waals surface area contributed by atoms with Gasteiger partial charge in [0.2, 0.25) is 5.91 Å². The van der Waals surface area contributed by atoms with Gasteiger partial charge in [-0.25, -0.2) is 0 Å². The number of carbonyl (C=O) groups is 1. The first-order valence-corrected chi connectivity index (χ1v) is 9.79. The minimum atomic E-state index is 0.151. The molecule has 5 heteroatoms. The Morgan fingerprint density at radius 1 is 1.12 bits per heavy atom. The monoisotopic (exact) mass is 354 g/mol. The molecule has 26 heavy (non-hydrogen) atoms. The van der Waals surface area contributed by atoms with Crippen LogP contribution in [0.4, 0.5) is 5.69 Å². The molecule has 2 aliphatic heterocycles. The topological polar surface area (TPSA) is 50.6 Å². The number of hydrogen-bond acceptors (Lipinski definition) is 4. The largest absolute Gasteiger partial charge is 0.371 e. The van der Waals surface area contributed by atoms with Crippen LogP contribution in [0.15, 0.2) is 24.3 Å². The number of nitrogens with zero attached hydrogens (tertiary/aromatic N) is 4. The quantitative estimate of drug-likeness (QED) is 0.837. The average molecular weight is 354 g/mol. The molecule has 0 radical (unpaired) electrons. The maximum Gasteiger partial charge on any atom is 0.226 e. The van der Waals surface area contributed by atoms with Gasteiger partial charge in [0, 0.05) is 56.4 Å². The van der Waals surface area contributed by atoms with Crippen LogP contribution in [0.2, 0.25) is 0 Å². The van der Waals surface area contributed by atoms with Crippen molar-refractivity contribution in [3.8, 4) is 6.07 Å². The summed E-state index contributed by atoms with van der Waals surface area (Å²) < 4.78 is 0. The van der Waals surface area contributed by atoms with Crippen LogP contribution in [0, 0.1) is 17.2 Å². The molecule has 0 aromatic heterocycles. The molecule has 1 amide bonds. The first-order chi connectivity index (χ1) is 12.5. The second-order valence-corrected chi connectivity index (χ2v) is 7.89. The first-order valence-electron chi connectivity index (χ1n) is 9.79. The Hall–Kier alpha value is -2.06. The number of rotatable bonds is 3. The molecule has 0 spiro atoms. The van der Waals surface area contributed by atoms with Crippen molar-refractivity contribution in [1.29, 1.82) is 5.26 Å². The van der Waals surface area contributed by atoms with Gasteiger partial charge in [-0.05, 0) is 57.9 Å². The fourth-order valence-electron chi connectivity index (χ4n) is 4.15. The van der Waals surface area contributed by atoms with E-state index in [2.05, 4.69) is 41.5 Å². The van der Waals surface area contributed by atoms with Crippen LogP contribution >= 0.6 is 0 Å². The number of carbonyl (C=O) groups excluding carboxylic acids is 1. The lowest BCUT2D eigenvalue weighted by Gasteiger charge is -2.44. The number of benzene rings is 1. The summed E-state index contributed by atoms with van der Waals surface area (Å²) >= 11 is 0. The lowest BCUT2D eigenvalue weighted by Crippen LogP contribution is -2.57. The molecule has 5 nitrogen and oxygen atoms in total. The molecular formula is C21H30N4O. The fraction of sp³-hybridized carbons (Fsp3) is 0.619. The van der Waals surface area contributed by atoms with Crippen molar-refractivity contribution < 1.29 is 4.79 Å². The number of hydrogen-bond donors (Lipinski definition) is 0. The molecule has 0 aliphatic carbocycles. The van der Waals surface area contributed by atoms with E-state index in [4.69, 9.17) is 5.26 Å². The Balaban J connectivity index is 1.54. The lowest BCUT2D eigenvalue weighted by atomic mass is 9.93. The molecule has 0 unspecified atom stereocenters. The normalized spacial score (nSPS) is 22.5. The Morgan fingerprint density at radius 3 is 2.31 bits per heavy atom. The summed E-state index contributed by atoms with van der Waals surface area (Å²) in [5, 5.41) is 8.92. The molecule has 2 heterocycles. The summed E-state index contributed by atoms with van der Waals surface area (Å²) in [5.41, 5.74) is 1.84. The first kappa shape index (κ1) is 18.7. The van der Waals surface area contributed by atoms with E-state index in [-0.39, 0.29) is 5.92 Å². The number of anilines is 1. The summed E-state index contributed by atoms with van der Waals surface area (Å²) in [7, 11) is 0. The zero-order valence-electron chi connectivity index (χ0n) is 16.2. The Kier molecular flexibility index (Phi) is 5.83. The molecule has 2 aliphatic rings. The van der Waals surface area contributed by atoms with Crippen LogP contribution < -0.4 is 4.90 Å². The molecule has 0 N–H and O–H groups in total. The van der Waals surface area contributed by atoms with Gasteiger partial charge in [-0.15, -0.1) is 0 Å². The van der Waals surface area contributed by atoms with Crippen LogP contribution in [-0.4, -0.2) is 60.5 Å². The molecule has 140 valence electrons.